The topological polar surface area (TPSA) is 57.5 Å². The van der Waals surface area contributed by atoms with Gasteiger partial charge in [0.05, 0.1) is 0 Å². The number of aromatic hydroxyl groups is 1. The zero-order chi connectivity index (χ0) is 20.3. The lowest BCUT2D eigenvalue weighted by molar-refractivity contribution is -0.113. The second-order valence-corrected chi connectivity index (χ2v) is 7.02. The average molecular weight is 362 g/mol. The molecule has 1 atom stereocenters. The van der Waals surface area contributed by atoms with Crippen LogP contribution in [0.25, 0.3) is 6.08 Å². The number of allylic oxidation sites excluding steroid dienone is 8. The Labute approximate surface area is 161 Å². The highest BCUT2D eigenvalue weighted by molar-refractivity contribution is 5.96. The van der Waals surface area contributed by atoms with Crippen molar-refractivity contribution in [2.75, 3.05) is 0 Å². The Hall–Kier alpha value is -3.07. The van der Waals surface area contributed by atoms with E-state index >= 15 is 0 Å². The summed E-state index contributed by atoms with van der Waals surface area (Å²) in [6.45, 7) is 14.8. The van der Waals surface area contributed by atoms with Crippen molar-refractivity contribution in [1.29, 1.82) is 0 Å². The van der Waals surface area contributed by atoms with E-state index in [2.05, 4.69) is 13.2 Å². The largest absolute Gasteiger partial charge is 0.508 e. The molecule has 27 heavy (non-hydrogen) atoms. The molecule has 0 amide bonds. The molecule has 0 saturated carbocycles. The van der Waals surface area contributed by atoms with E-state index in [1.165, 1.54) is 6.92 Å². The molecule has 1 unspecified atom stereocenters. The molecule has 2 N–H and O–H groups in total. The van der Waals surface area contributed by atoms with Crippen LogP contribution in [0.3, 0.4) is 0 Å². The normalized spacial score (nSPS) is 15.1. The third-order valence-electron chi connectivity index (χ3n) is 4.53. The van der Waals surface area contributed by atoms with Gasteiger partial charge in [0.25, 0.3) is 0 Å². The highest BCUT2D eigenvalue weighted by Gasteiger charge is 2.30. The molecule has 0 bridgehead atoms. The molecule has 0 aromatic heterocycles. The Morgan fingerprint density at radius 1 is 1.11 bits per heavy atom. The molecule has 1 aromatic rings. The summed E-state index contributed by atoms with van der Waals surface area (Å²) in [5, 5.41) is 21.4. The number of benzene rings is 1. The van der Waals surface area contributed by atoms with Crippen molar-refractivity contribution >= 4 is 11.9 Å². The van der Waals surface area contributed by atoms with Gasteiger partial charge in [0, 0.05) is 22.6 Å². The van der Waals surface area contributed by atoms with Crippen molar-refractivity contribution in [2.24, 2.45) is 0 Å². The van der Waals surface area contributed by atoms with Crippen LogP contribution in [0.4, 0.5) is 0 Å². The molecule has 0 heterocycles. The van der Waals surface area contributed by atoms with Crippen molar-refractivity contribution in [3.8, 4) is 5.75 Å². The van der Waals surface area contributed by atoms with Crippen LogP contribution in [0.1, 0.15) is 44.7 Å². The van der Waals surface area contributed by atoms with Gasteiger partial charge in [-0.25, -0.2) is 0 Å². The first kappa shape index (κ1) is 20.2. The lowest BCUT2D eigenvalue weighted by atomic mass is 9.79. The van der Waals surface area contributed by atoms with E-state index in [0.29, 0.717) is 22.3 Å². The number of ketones is 1. The Bertz CT molecular complexity index is 932. The third kappa shape index (κ3) is 4.37. The maximum atomic E-state index is 12.5. The van der Waals surface area contributed by atoms with E-state index in [9.17, 15) is 15.0 Å². The van der Waals surface area contributed by atoms with Gasteiger partial charge in [0.1, 0.15) is 11.5 Å². The molecular formula is C24H26O3. The SMILES string of the molecule is C=Cc1ccc(C(C2=CC(C)=CC(=C)C=C2O)C(C(C)=O)=C(C)C)c(O)c1. The van der Waals surface area contributed by atoms with Crippen LogP contribution >= 0.6 is 0 Å². The third-order valence-corrected chi connectivity index (χ3v) is 4.53. The Morgan fingerprint density at radius 2 is 1.78 bits per heavy atom. The summed E-state index contributed by atoms with van der Waals surface area (Å²) in [4.78, 5) is 12.5. The zero-order valence-electron chi connectivity index (χ0n) is 16.3. The number of carbonyl (C=O) groups is 1. The summed E-state index contributed by atoms with van der Waals surface area (Å²) >= 11 is 0. The molecule has 140 valence electrons. The molecule has 0 radical (unpaired) electrons. The summed E-state index contributed by atoms with van der Waals surface area (Å²) in [5.74, 6) is -0.622. The van der Waals surface area contributed by atoms with E-state index in [-0.39, 0.29) is 17.3 Å². The molecule has 1 aliphatic rings. The van der Waals surface area contributed by atoms with Gasteiger partial charge >= 0.3 is 0 Å². The number of Topliss-reactive ketones (excluding diaryl/α,β-unsaturated/α-hetero) is 1. The minimum absolute atomic E-state index is 0.0327. The highest BCUT2D eigenvalue weighted by Crippen LogP contribution is 2.42. The van der Waals surface area contributed by atoms with Crippen molar-refractivity contribution in [3.63, 3.8) is 0 Å². The lowest BCUT2D eigenvalue weighted by Crippen LogP contribution is -2.15. The smallest absolute Gasteiger partial charge is 0.156 e. The minimum Gasteiger partial charge on any atom is -0.508 e. The Morgan fingerprint density at radius 3 is 2.30 bits per heavy atom. The maximum absolute atomic E-state index is 12.5. The molecule has 3 nitrogen and oxygen atoms in total. The lowest BCUT2D eigenvalue weighted by Gasteiger charge is -2.25. The van der Waals surface area contributed by atoms with Crippen LogP contribution in [0, 0.1) is 0 Å². The van der Waals surface area contributed by atoms with Gasteiger partial charge in [-0.05, 0) is 51.0 Å². The highest BCUT2D eigenvalue weighted by atomic mass is 16.3. The van der Waals surface area contributed by atoms with Crippen molar-refractivity contribution < 1.29 is 15.0 Å². The van der Waals surface area contributed by atoms with E-state index in [4.69, 9.17) is 0 Å². The van der Waals surface area contributed by atoms with Gasteiger partial charge in [-0.1, -0.05) is 54.7 Å². The Kier molecular flexibility index (Phi) is 6.06. The summed E-state index contributed by atoms with van der Waals surface area (Å²) in [6, 6.07) is 5.21. The van der Waals surface area contributed by atoms with Crippen molar-refractivity contribution in [1.82, 2.24) is 0 Å². The van der Waals surface area contributed by atoms with Crippen LogP contribution in [0.5, 0.6) is 5.75 Å². The standard InChI is InChI=1S/C24H26O3/c1-7-18-8-9-19(22(27)13-18)24(23(14(2)3)17(6)25)20-11-15(4)10-16(5)12-21(20)26/h7-13,24,26-27H,1,5H2,2-4,6H3. The molecule has 0 aliphatic heterocycles. The molecule has 0 fully saturated rings. The van der Waals surface area contributed by atoms with Gasteiger partial charge in [0.2, 0.25) is 0 Å². The first-order valence-corrected chi connectivity index (χ1v) is 8.79. The fourth-order valence-corrected chi connectivity index (χ4v) is 3.44. The number of rotatable bonds is 5. The van der Waals surface area contributed by atoms with Crippen LogP contribution in [0.2, 0.25) is 0 Å². The van der Waals surface area contributed by atoms with Gasteiger partial charge in [-0.3, -0.25) is 4.79 Å². The van der Waals surface area contributed by atoms with Crippen LogP contribution in [0.15, 0.2) is 83.2 Å². The van der Waals surface area contributed by atoms with Crippen LogP contribution in [-0.2, 0) is 4.79 Å². The van der Waals surface area contributed by atoms with E-state index in [0.717, 1.165) is 16.7 Å². The molecule has 1 aliphatic carbocycles. The van der Waals surface area contributed by atoms with Crippen molar-refractivity contribution in [3.05, 3.63) is 94.3 Å². The predicted molar refractivity (Wildman–Crippen MR) is 112 cm³/mol. The number of aliphatic hydroxyl groups excluding tert-OH is 1. The number of carbonyl (C=O) groups excluding carboxylic acids is 1. The summed E-state index contributed by atoms with van der Waals surface area (Å²) in [6.07, 6.45) is 6.91. The monoisotopic (exact) mass is 362 g/mol. The van der Waals surface area contributed by atoms with E-state index < -0.39 is 5.92 Å². The first-order chi connectivity index (χ1) is 12.6. The number of hydrogen-bond acceptors (Lipinski definition) is 3. The van der Waals surface area contributed by atoms with E-state index in [1.54, 1.807) is 24.3 Å². The fourth-order valence-electron chi connectivity index (χ4n) is 3.44. The number of phenolic OH excluding ortho intramolecular Hbond substituents is 1. The van der Waals surface area contributed by atoms with Gasteiger partial charge in [-0.2, -0.15) is 0 Å². The number of phenols is 1. The minimum atomic E-state index is -0.600. The molecular weight excluding hydrogens is 336 g/mol. The van der Waals surface area contributed by atoms with Gasteiger partial charge in [-0.15, -0.1) is 0 Å². The maximum Gasteiger partial charge on any atom is 0.156 e. The summed E-state index contributed by atoms with van der Waals surface area (Å²) in [5.41, 5.74) is 4.83. The summed E-state index contributed by atoms with van der Waals surface area (Å²) in [7, 11) is 0. The second-order valence-electron chi connectivity index (χ2n) is 7.02. The number of hydrogen-bond donors (Lipinski definition) is 2. The Balaban J connectivity index is 2.83. The summed E-state index contributed by atoms with van der Waals surface area (Å²) < 4.78 is 0. The first-order valence-electron chi connectivity index (χ1n) is 8.79. The fraction of sp³-hybridized carbons (Fsp3) is 0.208. The molecule has 3 heteroatoms. The molecule has 1 aromatic carbocycles. The number of aliphatic hydroxyl groups is 1. The van der Waals surface area contributed by atoms with Crippen LogP contribution in [-0.4, -0.2) is 16.0 Å². The quantitative estimate of drug-likeness (QED) is 0.638. The van der Waals surface area contributed by atoms with Gasteiger partial charge in [0.15, 0.2) is 5.78 Å². The average Bonchev–Trinajstić information content (AvgIpc) is 2.68. The second kappa shape index (κ2) is 8.09. The molecule has 2 rings (SSSR count). The van der Waals surface area contributed by atoms with E-state index in [1.807, 2.05) is 39.0 Å². The van der Waals surface area contributed by atoms with Crippen LogP contribution < -0.4 is 0 Å². The molecule has 0 spiro atoms. The zero-order valence-corrected chi connectivity index (χ0v) is 16.3. The molecule has 0 saturated heterocycles. The predicted octanol–water partition coefficient (Wildman–Crippen LogP) is 5.93. The van der Waals surface area contributed by atoms with Crippen molar-refractivity contribution in [2.45, 2.75) is 33.6 Å². The van der Waals surface area contributed by atoms with Gasteiger partial charge < -0.3 is 10.2 Å².